The first kappa shape index (κ1) is 13.3. The van der Waals surface area contributed by atoms with Crippen molar-refractivity contribution in [3.8, 4) is 0 Å². The molecule has 0 bridgehead atoms. The minimum absolute atomic E-state index is 0.121. The lowest BCUT2D eigenvalue weighted by atomic mass is 9.73. The van der Waals surface area contributed by atoms with Crippen molar-refractivity contribution in [1.29, 1.82) is 0 Å². The zero-order valence-electron chi connectivity index (χ0n) is 12.3. The third-order valence-electron chi connectivity index (χ3n) is 4.11. The Morgan fingerprint density at radius 1 is 0.882 bits per heavy atom. The SMILES string of the molecule is CC(C)(C)N1CC2(CCON(C(C)(C)C)C2)C1. The van der Waals surface area contributed by atoms with E-state index >= 15 is 0 Å². The van der Waals surface area contributed by atoms with Crippen molar-refractivity contribution < 1.29 is 4.84 Å². The van der Waals surface area contributed by atoms with E-state index in [4.69, 9.17) is 4.84 Å². The van der Waals surface area contributed by atoms with E-state index in [1.165, 1.54) is 19.5 Å². The highest BCUT2D eigenvalue weighted by atomic mass is 16.7. The maximum Gasteiger partial charge on any atom is 0.0692 e. The molecule has 100 valence electrons. The van der Waals surface area contributed by atoms with E-state index in [1.54, 1.807) is 0 Å². The van der Waals surface area contributed by atoms with Crippen molar-refractivity contribution in [3.05, 3.63) is 0 Å². The Kier molecular flexibility index (Phi) is 3.08. The molecule has 2 aliphatic rings. The van der Waals surface area contributed by atoms with Crippen LogP contribution in [0.1, 0.15) is 48.0 Å². The summed E-state index contributed by atoms with van der Waals surface area (Å²) < 4.78 is 0. The lowest BCUT2D eigenvalue weighted by Gasteiger charge is -2.59. The fraction of sp³-hybridized carbons (Fsp3) is 1.00. The topological polar surface area (TPSA) is 15.7 Å². The third-order valence-corrected chi connectivity index (χ3v) is 4.11. The predicted molar refractivity (Wildman–Crippen MR) is 70.8 cm³/mol. The van der Waals surface area contributed by atoms with Gasteiger partial charge in [-0.1, -0.05) is 0 Å². The zero-order valence-corrected chi connectivity index (χ0v) is 12.3. The van der Waals surface area contributed by atoms with Crippen LogP contribution in [0.15, 0.2) is 0 Å². The molecule has 0 aliphatic carbocycles. The van der Waals surface area contributed by atoms with Crippen LogP contribution in [0.4, 0.5) is 0 Å². The van der Waals surface area contributed by atoms with Crippen molar-refractivity contribution >= 4 is 0 Å². The van der Waals surface area contributed by atoms with Gasteiger partial charge in [-0.2, -0.15) is 5.06 Å². The Balaban J connectivity index is 1.96. The van der Waals surface area contributed by atoms with Crippen LogP contribution in [-0.2, 0) is 4.84 Å². The van der Waals surface area contributed by atoms with Crippen LogP contribution in [0.3, 0.4) is 0 Å². The third kappa shape index (κ3) is 2.67. The average Bonchev–Trinajstić information content (AvgIpc) is 2.11. The molecule has 2 fully saturated rings. The van der Waals surface area contributed by atoms with Gasteiger partial charge in [-0.05, 0) is 48.0 Å². The van der Waals surface area contributed by atoms with Crippen molar-refractivity contribution in [3.63, 3.8) is 0 Å². The van der Waals surface area contributed by atoms with E-state index in [1.807, 2.05) is 0 Å². The average molecular weight is 240 g/mol. The maximum atomic E-state index is 5.81. The predicted octanol–water partition coefficient (Wildman–Crippen LogP) is 2.52. The van der Waals surface area contributed by atoms with Crippen LogP contribution in [0, 0.1) is 5.41 Å². The Bertz CT molecular complexity index is 282. The van der Waals surface area contributed by atoms with Gasteiger partial charge in [-0.25, -0.2) is 0 Å². The van der Waals surface area contributed by atoms with Gasteiger partial charge < -0.3 is 0 Å². The van der Waals surface area contributed by atoms with Crippen molar-refractivity contribution in [2.45, 2.75) is 59.0 Å². The molecule has 0 aromatic heterocycles. The Hall–Kier alpha value is -0.120. The van der Waals surface area contributed by atoms with Crippen LogP contribution in [0.2, 0.25) is 0 Å². The molecule has 0 saturated carbocycles. The first-order valence-electron chi connectivity index (χ1n) is 6.78. The second-order valence-electron chi connectivity index (χ2n) is 7.82. The van der Waals surface area contributed by atoms with Crippen LogP contribution in [0.5, 0.6) is 0 Å². The molecule has 3 heteroatoms. The van der Waals surface area contributed by atoms with Crippen molar-refractivity contribution in [2.24, 2.45) is 5.41 Å². The van der Waals surface area contributed by atoms with Gasteiger partial charge in [-0.3, -0.25) is 9.74 Å². The van der Waals surface area contributed by atoms with Gasteiger partial charge in [-0.15, -0.1) is 0 Å². The molecule has 2 saturated heterocycles. The minimum Gasteiger partial charge on any atom is -0.298 e. The minimum atomic E-state index is 0.121. The van der Waals surface area contributed by atoms with Gasteiger partial charge in [0.25, 0.3) is 0 Å². The van der Waals surface area contributed by atoms with Gasteiger partial charge >= 0.3 is 0 Å². The largest absolute Gasteiger partial charge is 0.298 e. The highest BCUT2D eigenvalue weighted by Gasteiger charge is 2.50. The number of hydrogen-bond donors (Lipinski definition) is 0. The monoisotopic (exact) mass is 240 g/mol. The molecule has 0 amide bonds. The van der Waals surface area contributed by atoms with Crippen LogP contribution < -0.4 is 0 Å². The highest BCUT2D eigenvalue weighted by Crippen LogP contribution is 2.42. The summed E-state index contributed by atoms with van der Waals surface area (Å²) in [6.45, 7) is 18.0. The van der Waals surface area contributed by atoms with E-state index in [0.717, 1.165) is 13.2 Å². The first-order chi connectivity index (χ1) is 7.62. The Labute approximate surface area is 106 Å². The molecule has 0 aromatic carbocycles. The van der Waals surface area contributed by atoms with Crippen molar-refractivity contribution in [1.82, 2.24) is 9.96 Å². The number of likely N-dealkylation sites (tertiary alicyclic amines) is 1. The molecule has 3 nitrogen and oxygen atoms in total. The first-order valence-corrected chi connectivity index (χ1v) is 6.78. The van der Waals surface area contributed by atoms with Gasteiger partial charge in [0.15, 0.2) is 0 Å². The summed E-state index contributed by atoms with van der Waals surface area (Å²) in [4.78, 5) is 8.39. The second kappa shape index (κ2) is 3.94. The van der Waals surface area contributed by atoms with Crippen LogP contribution >= 0.6 is 0 Å². The molecule has 2 rings (SSSR count). The zero-order chi connectivity index (χ0) is 12.9. The summed E-state index contributed by atoms with van der Waals surface area (Å²) in [5, 5.41) is 2.19. The van der Waals surface area contributed by atoms with Crippen LogP contribution in [0.25, 0.3) is 0 Å². The van der Waals surface area contributed by atoms with Crippen LogP contribution in [-0.4, -0.2) is 47.3 Å². The Morgan fingerprint density at radius 3 is 1.94 bits per heavy atom. The normalized spacial score (nSPS) is 27.2. The summed E-state index contributed by atoms with van der Waals surface area (Å²) in [5.74, 6) is 0. The number of nitrogens with zero attached hydrogens (tertiary/aromatic N) is 2. The molecule has 0 unspecified atom stereocenters. The molecule has 2 aliphatic heterocycles. The number of hydrogen-bond acceptors (Lipinski definition) is 3. The molecular weight excluding hydrogens is 212 g/mol. The number of hydroxylamine groups is 2. The van der Waals surface area contributed by atoms with E-state index in [0.29, 0.717) is 11.0 Å². The van der Waals surface area contributed by atoms with E-state index < -0.39 is 0 Å². The van der Waals surface area contributed by atoms with E-state index in [2.05, 4.69) is 51.5 Å². The van der Waals surface area contributed by atoms with Gasteiger partial charge in [0.05, 0.1) is 6.61 Å². The maximum absolute atomic E-state index is 5.81. The molecule has 0 N–H and O–H groups in total. The summed E-state index contributed by atoms with van der Waals surface area (Å²) in [6, 6.07) is 0. The summed E-state index contributed by atoms with van der Waals surface area (Å²) >= 11 is 0. The smallest absolute Gasteiger partial charge is 0.0692 e. The molecule has 17 heavy (non-hydrogen) atoms. The Morgan fingerprint density at radius 2 is 1.47 bits per heavy atom. The molecule has 0 atom stereocenters. The van der Waals surface area contributed by atoms with Crippen molar-refractivity contribution in [2.75, 3.05) is 26.2 Å². The molecule has 0 radical (unpaired) electrons. The molecule has 1 spiro atoms. The van der Waals surface area contributed by atoms with Gasteiger partial charge in [0, 0.05) is 36.1 Å². The summed E-state index contributed by atoms with van der Waals surface area (Å²) in [6.07, 6.45) is 1.21. The van der Waals surface area contributed by atoms with Gasteiger partial charge in [0.1, 0.15) is 0 Å². The number of rotatable bonds is 0. The molecule has 0 aromatic rings. The fourth-order valence-corrected chi connectivity index (χ4v) is 2.73. The quantitative estimate of drug-likeness (QED) is 0.647. The highest BCUT2D eigenvalue weighted by molar-refractivity contribution is 5.02. The second-order valence-corrected chi connectivity index (χ2v) is 7.82. The lowest BCUT2D eigenvalue weighted by molar-refractivity contribution is -0.278. The lowest BCUT2D eigenvalue weighted by Crippen LogP contribution is -2.68. The molecular formula is C14H28N2O. The summed E-state index contributed by atoms with van der Waals surface area (Å²) in [5.41, 5.74) is 0.921. The fourth-order valence-electron chi connectivity index (χ4n) is 2.73. The molecule has 2 heterocycles. The van der Waals surface area contributed by atoms with E-state index in [9.17, 15) is 0 Å². The summed E-state index contributed by atoms with van der Waals surface area (Å²) in [7, 11) is 0. The van der Waals surface area contributed by atoms with Gasteiger partial charge in [0.2, 0.25) is 0 Å². The standard InChI is InChI=1S/C14H28N2O/c1-12(2,3)15-9-14(10-15)7-8-17-16(11-14)13(4,5)6/h7-11H2,1-6H3. The van der Waals surface area contributed by atoms with E-state index in [-0.39, 0.29) is 5.54 Å².